The maximum absolute atomic E-state index is 5.04. The molecule has 0 atom stereocenters. The third kappa shape index (κ3) is 3.48. The zero-order valence-corrected chi connectivity index (χ0v) is 25.0. The molecule has 0 amide bonds. The molecule has 0 aliphatic heterocycles. The van der Waals surface area contributed by atoms with Gasteiger partial charge in [0.05, 0.1) is 26.8 Å². The van der Waals surface area contributed by atoms with Crippen LogP contribution in [0.1, 0.15) is 0 Å². The van der Waals surface area contributed by atoms with Crippen molar-refractivity contribution >= 4 is 75.1 Å². The van der Waals surface area contributed by atoms with E-state index in [4.69, 9.17) is 4.98 Å². The van der Waals surface area contributed by atoms with Gasteiger partial charge in [-0.15, -0.1) is 11.3 Å². The van der Waals surface area contributed by atoms with Crippen LogP contribution in [0.15, 0.2) is 152 Å². The molecule has 4 heterocycles. The van der Waals surface area contributed by atoms with Crippen LogP contribution < -0.4 is 0 Å². The quantitative estimate of drug-likeness (QED) is 0.200. The molecule has 0 bridgehead atoms. The summed E-state index contributed by atoms with van der Waals surface area (Å²) in [4.78, 5) is 5.04. The molecule has 0 radical (unpaired) electrons. The van der Waals surface area contributed by atoms with Crippen molar-refractivity contribution in [1.29, 1.82) is 0 Å². The maximum atomic E-state index is 5.04. The van der Waals surface area contributed by atoms with Crippen LogP contribution in [0.5, 0.6) is 0 Å². The summed E-state index contributed by atoms with van der Waals surface area (Å²) in [5.74, 6) is 0.986. The molecular formula is C41H25N3S. The van der Waals surface area contributed by atoms with Crippen LogP contribution in [0.4, 0.5) is 0 Å². The highest BCUT2D eigenvalue weighted by atomic mass is 32.1. The Hall–Kier alpha value is -5.71. The third-order valence-corrected chi connectivity index (χ3v) is 10.4. The average Bonchev–Trinajstić information content (AvgIpc) is 3.76. The topological polar surface area (TPSA) is 22.8 Å². The second kappa shape index (κ2) is 9.39. The van der Waals surface area contributed by atoms with Crippen molar-refractivity contribution in [3.63, 3.8) is 0 Å². The van der Waals surface area contributed by atoms with Crippen molar-refractivity contribution in [2.24, 2.45) is 0 Å². The first-order chi connectivity index (χ1) is 22.3. The zero-order valence-electron chi connectivity index (χ0n) is 24.2. The molecule has 3 nitrogen and oxygen atoms in total. The van der Waals surface area contributed by atoms with Crippen LogP contribution in [0.25, 0.3) is 86.4 Å². The van der Waals surface area contributed by atoms with Gasteiger partial charge in [-0.2, -0.15) is 0 Å². The lowest BCUT2D eigenvalue weighted by Gasteiger charge is -2.09. The van der Waals surface area contributed by atoms with Crippen LogP contribution in [-0.4, -0.2) is 14.1 Å². The van der Waals surface area contributed by atoms with Crippen LogP contribution in [-0.2, 0) is 0 Å². The number of para-hydroxylation sites is 3. The molecule has 210 valence electrons. The van der Waals surface area contributed by atoms with E-state index in [0.29, 0.717) is 0 Å². The summed E-state index contributed by atoms with van der Waals surface area (Å²) in [6.07, 6.45) is 1.97. The average molecular weight is 592 g/mol. The monoisotopic (exact) mass is 591 g/mol. The predicted octanol–water partition coefficient (Wildman–Crippen LogP) is 11.3. The first-order valence-corrected chi connectivity index (χ1v) is 16.0. The highest BCUT2D eigenvalue weighted by molar-refractivity contribution is 7.27. The van der Waals surface area contributed by atoms with E-state index in [1.54, 1.807) is 0 Å². The van der Waals surface area contributed by atoms with Crippen LogP contribution in [0.3, 0.4) is 0 Å². The van der Waals surface area contributed by atoms with Crippen molar-refractivity contribution in [2.45, 2.75) is 0 Å². The second-order valence-electron chi connectivity index (χ2n) is 11.6. The molecule has 0 fully saturated rings. The Balaban J connectivity index is 1.25. The van der Waals surface area contributed by atoms with Crippen molar-refractivity contribution in [3.8, 4) is 22.6 Å². The zero-order chi connectivity index (χ0) is 29.5. The van der Waals surface area contributed by atoms with Gasteiger partial charge in [-0.1, -0.05) is 103 Å². The number of rotatable bonds is 3. The molecule has 0 saturated heterocycles. The summed E-state index contributed by atoms with van der Waals surface area (Å²) < 4.78 is 7.26. The lowest BCUT2D eigenvalue weighted by molar-refractivity contribution is 1.11. The number of nitrogens with zero attached hydrogens (tertiary/aromatic N) is 3. The van der Waals surface area contributed by atoms with Gasteiger partial charge in [-0.05, 0) is 53.6 Å². The fourth-order valence-electron chi connectivity index (χ4n) is 7.22. The van der Waals surface area contributed by atoms with Gasteiger partial charge in [0.15, 0.2) is 5.82 Å². The SMILES string of the molecule is c1ccc(-c2ccc(-n3c4ccccc4c4c5sc6c(-n7c8ccccc8c8ccccc87)nccc6c5ccc43)cc2)cc1. The van der Waals surface area contributed by atoms with Crippen molar-refractivity contribution in [2.75, 3.05) is 0 Å². The van der Waals surface area contributed by atoms with Gasteiger partial charge in [0.25, 0.3) is 0 Å². The first-order valence-electron chi connectivity index (χ1n) is 15.2. The molecule has 0 aliphatic carbocycles. The summed E-state index contributed by atoms with van der Waals surface area (Å²) in [7, 11) is 0. The number of pyridine rings is 1. The number of fused-ring (bicyclic) bond motifs is 10. The Labute approximate surface area is 262 Å². The van der Waals surface area contributed by atoms with Crippen LogP contribution >= 0.6 is 11.3 Å². The molecule has 4 heteroatoms. The van der Waals surface area contributed by atoms with E-state index in [2.05, 4.69) is 155 Å². The third-order valence-electron chi connectivity index (χ3n) is 9.20. The van der Waals surface area contributed by atoms with Gasteiger partial charge in [-0.3, -0.25) is 4.57 Å². The van der Waals surface area contributed by atoms with E-state index in [0.717, 1.165) is 11.5 Å². The molecule has 4 aromatic heterocycles. The minimum atomic E-state index is 0.986. The number of benzene rings is 6. The van der Waals surface area contributed by atoms with Gasteiger partial charge < -0.3 is 4.57 Å². The van der Waals surface area contributed by atoms with Gasteiger partial charge >= 0.3 is 0 Å². The molecule has 10 rings (SSSR count). The molecular weight excluding hydrogens is 567 g/mol. The lowest BCUT2D eigenvalue weighted by Crippen LogP contribution is -1.96. The molecule has 0 unspecified atom stereocenters. The molecule has 0 saturated carbocycles. The summed E-state index contributed by atoms with van der Waals surface area (Å²) in [5, 5.41) is 7.57. The van der Waals surface area contributed by atoms with Crippen molar-refractivity contribution < 1.29 is 0 Å². The second-order valence-corrected chi connectivity index (χ2v) is 12.6. The number of thiophene rings is 1. The van der Waals surface area contributed by atoms with E-state index in [1.165, 1.54) is 74.9 Å². The molecule has 0 N–H and O–H groups in total. The summed E-state index contributed by atoms with van der Waals surface area (Å²) in [6, 6.07) is 52.4. The summed E-state index contributed by atoms with van der Waals surface area (Å²) in [5.41, 5.74) is 8.39. The van der Waals surface area contributed by atoms with E-state index >= 15 is 0 Å². The molecule has 0 spiro atoms. The van der Waals surface area contributed by atoms with E-state index < -0.39 is 0 Å². The van der Waals surface area contributed by atoms with Crippen molar-refractivity contribution in [3.05, 3.63) is 152 Å². The number of hydrogen-bond acceptors (Lipinski definition) is 2. The van der Waals surface area contributed by atoms with Gasteiger partial charge in [0, 0.05) is 48.9 Å². The summed E-state index contributed by atoms with van der Waals surface area (Å²) >= 11 is 1.86. The van der Waals surface area contributed by atoms with Gasteiger partial charge in [-0.25, -0.2) is 4.98 Å². The molecule has 6 aromatic carbocycles. The molecule has 45 heavy (non-hydrogen) atoms. The lowest BCUT2D eigenvalue weighted by atomic mass is 10.1. The number of aromatic nitrogens is 3. The fourth-order valence-corrected chi connectivity index (χ4v) is 8.55. The molecule has 10 aromatic rings. The number of hydrogen-bond donors (Lipinski definition) is 0. The highest BCUT2D eigenvalue weighted by Gasteiger charge is 2.21. The van der Waals surface area contributed by atoms with Crippen molar-refractivity contribution in [1.82, 2.24) is 14.1 Å². The van der Waals surface area contributed by atoms with Gasteiger partial charge in [0.1, 0.15) is 0 Å². The Kier molecular flexibility index (Phi) is 5.16. The smallest absolute Gasteiger partial charge is 0.155 e. The fraction of sp³-hybridized carbons (Fsp3) is 0. The predicted molar refractivity (Wildman–Crippen MR) is 191 cm³/mol. The van der Waals surface area contributed by atoms with Crippen LogP contribution in [0, 0.1) is 0 Å². The Bertz CT molecular complexity index is 2690. The Morgan fingerprint density at radius 3 is 1.69 bits per heavy atom. The minimum Gasteiger partial charge on any atom is -0.309 e. The van der Waals surface area contributed by atoms with E-state index in [-0.39, 0.29) is 0 Å². The molecule has 0 aliphatic rings. The Morgan fingerprint density at radius 2 is 0.978 bits per heavy atom. The van der Waals surface area contributed by atoms with E-state index in [1.807, 2.05) is 17.5 Å². The maximum Gasteiger partial charge on any atom is 0.155 e. The Morgan fingerprint density at radius 1 is 0.400 bits per heavy atom. The first kappa shape index (κ1) is 24.7. The standard InChI is InChI=1S/C41H25N3S/c1-2-10-26(11-3-1)27-18-20-28(21-19-27)43-36-17-9-6-14-33(36)38-37(43)23-22-31-32-24-25-42-41(40(32)45-39(31)38)44-34-15-7-4-12-29(34)30-13-5-8-16-35(30)44/h1-25H. The van der Waals surface area contributed by atoms with Crippen LogP contribution in [0.2, 0.25) is 0 Å². The minimum absolute atomic E-state index is 0.986. The largest absolute Gasteiger partial charge is 0.309 e. The normalized spacial score (nSPS) is 12.0. The van der Waals surface area contributed by atoms with E-state index in [9.17, 15) is 0 Å². The van der Waals surface area contributed by atoms with Gasteiger partial charge in [0.2, 0.25) is 0 Å². The highest BCUT2D eigenvalue weighted by Crippen LogP contribution is 2.45. The summed E-state index contributed by atoms with van der Waals surface area (Å²) in [6.45, 7) is 0.